The number of halogens is 1. The van der Waals surface area contributed by atoms with Crippen molar-refractivity contribution in [1.82, 2.24) is 4.98 Å². The van der Waals surface area contributed by atoms with Crippen molar-refractivity contribution in [3.05, 3.63) is 52.8 Å². The molecule has 1 aromatic heterocycles. The topological polar surface area (TPSA) is 51.2 Å². The van der Waals surface area contributed by atoms with E-state index in [9.17, 15) is 4.79 Å². The van der Waals surface area contributed by atoms with Gasteiger partial charge in [0.05, 0.1) is 5.69 Å². The molecule has 0 aliphatic carbocycles. The van der Waals surface area contributed by atoms with Crippen molar-refractivity contribution in [1.29, 1.82) is 0 Å². The highest BCUT2D eigenvalue weighted by Gasteiger charge is 2.29. The molecule has 2 aromatic rings. The molecule has 0 saturated carbocycles. The molecule has 1 N–H and O–H groups in total. The van der Waals surface area contributed by atoms with Crippen LogP contribution in [0, 0.1) is 6.92 Å². The lowest BCUT2D eigenvalue weighted by Gasteiger charge is -2.12. The fourth-order valence-corrected chi connectivity index (χ4v) is 2.33. The maximum Gasteiger partial charge on any atom is 0.265 e. The Labute approximate surface area is 121 Å². The molecule has 1 aliphatic rings. The zero-order valence-electron chi connectivity index (χ0n) is 10.9. The summed E-state index contributed by atoms with van der Waals surface area (Å²) in [5.41, 5.74) is 2.48. The molecule has 0 spiro atoms. The summed E-state index contributed by atoms with van der Waals surface area (Å²) in [6.45, 7) is 1.89. The van der Waals surface area contributed by atoms with Gasteiger partial charge in [0, 0.05) is 12.6 Å². The van der Waals surface area contributed by atoms with Gasteiger partial charge in [-0.2, -0.15) is 0 Å². The number of ether oxygens (including phenoxy) is 1. The number of nitrogens with one attached hydrogen (secondary N) is 1. The highest BCUT2D eigenvalue weighted by molar-refractivity contribution is 6.32. The van der Waals surface area contributed by atoms with E-state index < -0.39 is 6.10 Å². The predicted octanol–water partition coefficient (Wildman–Crippen LogP) is 2.99. The van der Waals surface area contributed by atoms with Gasteiger partial charge in [-0.15, -0.1) is 0 Å². The first-order valence-electron chi connectivity index (χ1n) is 6.31. The van der Waals surface area contributed by atoms with E-state index >= 15 is 0 Å². The van der Waals surface area contributed by atoms with Crippen molar-refractivity contribution in [2.24, 2.45) is 0 Å². The van der Waals surface area contributed by atoms with Gasteiger partial charge in [0.2, 0.25) is 0 Å². The molecular weight excluding hydrogens is 276 g/mol. The number of aromatic nitrogens is 1. The third kappa shape index (κ3) is 2.47. The second-order valence-electron chi connectivity index (χ2n) is 4.76. The van der Waals surface area contributed by atoms with Gasteiger partial charge in [0.1, 0.15) is 5.75 Å². The van der Waals surface area contributed by atoms with Crippen LogP contribution in [-0.2, 0) is 11.2 Å². The summed E-state index contributed by atoms with van der Waals surface area (Å²) >= 11 is 5.97. The Morgan fingerprint density at radius 1 is 1.45 bits per heavy atom. The Morgan fingerprint density at radius 2 is 2.25 bits per heavy atom. The van der Waals surface area contributed by atoms with Crippen LogP contribution in [0.3, 0.4) is 0 Å². The number of benzene rings is 1. The molecule has 0 bridgehead atoms. The monoisotopic (exact) mass is 288 g/mol. The van der Waals surface area contributed by atoms with Crippen molar-refractivity contribution in [3.8, 4) is 5.75 Å². The van der Waals surface area contributed by atoms with Gasteiger partial charge in [0.15, 0.2) is 11.3 Å². The second kappa shape index (κ2) is 5.13. The van der Waals surface area contributed by atoms with Gasteiger partial charge < -0.3 is 10.1 Å². The third-order valence-electron chi connectivity index (χ3n) is 3.17. The number of rotatable bonds is 2. The average molecular weight is 289 g/mol. The fourth-order valence-electron chi connectivity index (χ4n) is 2.18. The van der Waals surface area contributed by atoms with E-state index in [0.717, 1.165) is 16.9 Å². The van der Waals surface area contributed by atoms with E-state index in [2.05, 4.69) is 10.3 Å². The molecule has 2 heterocycles. The Kier molecular flexibility index (Phi) is 3.32. The van der Waals surface area contributed by atoms with Gasteiger partial charge in [-0.05, 0) is 30.2 Å². The zero-order valence-corrected chi connectivity index (χ0v) is 11.6. The molecule has 4 nitrogen and oxygen atoms in total. The maximum absolute atomic E-state index is 12.2. The van der Waals surface area contributed by atoms with E-state index in [1.54, 1.807) is 12.3 Å². The summed E-state index contributed by atoms with van der Waals surface area (Å²) in [6, 6.07) is 9.44. The molecule has 1 atom stereocenters. The van der Waals surface area contributed by atoms with Crippen molar-refractivity contribution in [2.45, 2.75) is 19.4 Å². The summed E-state index contributed by atoms with van der Waals surface area (Å²) in [6.07, 6.45) is 1.70. The number of hydrogen-bond acceptors (Lipinski definition) is 3. The van der Waals surface area contributed by atoms with Crippen LogP contribution in [0.4, 0.5) is 5.69 Å². The second-order valence-corrected chi connectivity index (χ2v) is 5.12. The predicted molar refractivity (Wildman–Crippen MR) is 77.2 cm³/mol. The molecular formula is C15H13ClN2O2. The minimum atomic E-state index is -0.524. The van der Waals surface area contributed by atoms with E-state index in [1.807, 2.05) is 31.2 Å². The normalized spacial score (nSPS) is 16.4. The first-order chi connectivity index (χ1) is 9.63. The number of anilines is 1. The zero-order chi connectivity index (χ0) is 14.1. The SMILES string of the molecule is Cc1cnc(Cl)c(NC(=O)C2Cc3ccccc3O2)c1. The standard InChI is InChI=1S/C15H13ClN2O2/c1-9-6-11(14(16)17-8-9)18-15(19)13-7-10-4-2-3-5-12(10)20-13/h2-6,8,13H,7H2,1H3,(H,18,19). The summed E-state index contributed by atoms with van der Waals surface area (Å²) in [5.74, 6) is 0.552. The number of para-hydroxylation sites is 1. The Balaban J connectivity index is 1.74. The molecule has 20 heavy (non-hydrogen) atoms. The van der Waals surface area contributed by atoms with E-state index in [-0.39, 0.29) is 11.1 Å². The van der Waals surface area contributed by atoms with Crippen LogP contribution in [0.5, 0.6) is 5.75 Å². The molecule has 1 aromatic carbocycles. The van der Waals surface area contributed by atoms with Crippen molar-refractivity contribution >= 4 is 23.2 Å². The number of aryl methyl sites for hydroxylation is 1. The van der Waals surface area contributed by atoms with Crippen LogP contribution in [-0.4, -0.2) is 17.0 Å². The van der Waals surface area contributed by atoms with Gasteiger partial charge >= 0.3 is 0 Å². The summed E-state index contributed by atoms with van der Waals surface area (Å²) in [7, 11) is 0. The van der Waals surface area contributed by atoms with Crippen LogP contribution in [0.15, 0.2) is 36.5 Å². The summed E-state index contributed by atoms with van der Waals surface area (Å²) < 4.78 is 5.64. The smallest absolute Gasteiger partial charge is 0.265 e. The Bertz CT molecular complexity index is 648. The number of nitrogens with zero attached hydrogens (tertiary/aromatic N) is 1. The lowest BCUT2D eigenvalue weighted by atomic mass is 10.1. The molecule has 5 heteroatoms. The summed E-state index contributed by atoms with van der Waals surface area (Å²) in [5, 5.41) is 3.05. The first-order valence-corrected chi connectivity index (χ1v) is 6.69. The average Bonchev–Trinajstić information content (AvgIpc) is 2.87. The lowest BCUT2D eigenvalue weighted by molar-refractivity contribution is -0.122. The molecule has 1 amide bonds. The van der Waals surface area contributed by atoms with Crippen LogP contribution in [0.25, 0.3) is 0 Å². The maximum atomic E-state index is 12.2. The molecule has 1 unspecified atom stereocenters. The van der Waals surface area contributed by atoms with Crippen LogP contribution < -0.4 is 10.1 Å². The number of pyridine rings is 1. The summed E-state index contributed by atoms with van der Waals surface area (Å²) in [4.78, 5) is 16.2. The number of hydrogen-bond donors (Lipinski definition) is 1. The van der Waals surface area contributed by atoms with E-state index in [1.165, 1.54) is 0 Å². The number of carbonyl (C=O) groups is 1. The van der Waals surface area contributed by atoms with Crippen LogP contribution >= 0.6 is 11.6 Å². The van der Waals surface area contributed by atoms with Gasteiger partial charge in [-0.25, -0.2) is 4.98 Å². The molecule has 3 rings (SSSR count). The van der Waals surface area contributed by atoms with E-state index in [0.29, 0.717) is 12.1 Å². The quantitative estimate of drug-likeness (QED) is 0.864. The number of carbonyl (C=O) groups excluding carboxylic acids is 1. The number of amides is 1. The van der Waals surface area contributed by atoms with Crippen LogP contribution in [0.1, 0.15) is 11.1 Å². The molecule has 0 fully saturated rings. The van der Waals surface area contributed by atoms with Crippen molar-refractivity contribution in [2.75, 3.05) is 5.32 Å². The molecule has 1 aliphatic heterocycles. The fraction of sp³-hybridized carbons (Fsp3) is 0.200. The van der Waals surface area contributed by atoms with Crippen molar-refractivity contribution in [3.63, 3.8) is 0 Å². The largest absolute Gasteiger partial charge is 0.480 e. The molecule has 0 saturated heterocycles. The van der Waals surface area contributed by atoms with Crippen molar-refractivity contribution < 1.29 is 9.53 Å². The minimum Gasteiger partial charge on any atom is -0.480 e. The van der Waals surface area contributed by atoms with E-state index in [4.69, 9.17) is 16.3 Å². The molecule has 0 radical (unpaired) electrons. The first kappa shape index (κ1) is 12.9. The van der Waals surface area contributed by atoms with Gasteiger partial charge in [0.25, 0.3) is 5.91 Å². The van der Waals surface area contributed by atoms with Gasteiger partial charge in [-0.1, -0.05) is 29.8 Å². The Morgan fingerprint density at radius 3 is 3.05 bits per heavy atom. The highest BCUT2D eigenvalue weighted by atomic mass is 35.5. The third-order valence-corrected chi connectivity index (χ3v) is 3.47. The lowest BCUT2D eigenvalue weighted by Crippen LogP contribution is -2.31. The Hall–Kier alpha value is -2.07. The van der Waals surface area contributed by atoms with Crippen LogP contribution in [0.2, 0.25) is 5.15 Å². The minimum absolute atomic E-state index is 0.212. The number of fused-ring (bicyclic) bond motifs is 1. The van der Waals surface area contributed by atoms with Gasteiger partial charge in [-0.3, -0.25) is 4.79 Å². The molecule has 102 valence electrons. The highest BCUT2D eigenvalue weighted by Crippen LogP contribution is 2.29.